The van der Waals surface area contributed by atoms with Crippen LogP contribution in [0.15, 0.2) is 29.3 Å². The van der Waals surface area contributed by atoms with Crippen molar-refractivity contribution in [2.75, 3.05) is 27.2 Å². The van der Waals surface area contributed by atoms with Gasteiger partial charge in [0.1, 0.15) is 11.9 Å². The number of unbranched alkanes of at least 4 members (excludes halogenated alkanes) is 1. The minimum absolute atomic E-state index is 0. The summed E-state index contributed by atoms with van der Waals surface area (Å²) in [6, 6.07) is 8.13. The van der Waals surface area contributed by atoms with Gasteiger partial charge in [-0.15, -0.1) is 24.0 Å². The Hall–Kier alpha value is -1.51. The van der Waals surface area contributed by atoms with Crippen LogP contribution in [0.3, 0.4) is 0 Å². The van der Waals surface area contributed by atoms with Crippen LogP contribution >= 0.6 is 24.0 Å². The Morgan fingerprint density at radius 3 is 2.83 bits per heavy atom. The number of para-hydroxylation sites is 1. The van der Waals surface area contributed by atoms with Crippen LogP contribution in [0, 0.1) is 0 Å². The van der Waals surface area contributed by atoms with Crippen molar-refractivity contribution in [1.82, 2.24) is 10.6 Å². The van der Waals surface area contributed by atoms with Gasteiger partial charge in [0.2, 0.25) is 0 Å². The fourth-order valence-electron chi connectivity index (χ4n) is 2.50. The summed E-state index contributed by atoms with van der Waals surface area (Å²) < 4.78 is 10.5. The number of nitrogens with zero attached hydrogens (tertiary/aromatic N) is 1. The smallest absolute Gasteiger partial charge is 0.305 e. The third kappa shape index (κ3) is 6.54. The average Bonchev–Trinajstić information content (AvgIpc) is 2.99. The SMILES string of the molecule is CN=C(NCCCCC(=O)OC)NCC1Cc2ccccc2O1.I. The monoisotopic (exact) mass is 447 g/mol. The number of guanidine groups is 1. The Labute approximate surface area is 160 Å². The molecule has 2 N–H and O–H groups in total. The summed E-state index contributed by atoms with van der Waals surface area (Å²) in [5.41, 5.74) is 1.25. The Balaban J connectivity index is 0.00000288. The summed E-state index contributed by atoms with van der Waals surface area (Å²) >= 11 is 0. The quantitative estimate of drug-likeness (QED) is 0.220. The van der Waals surface area contributed by atoms with Crippen LogP contribution in [0.5, 0.6) is 5.75 Å². The van der Waals surface area contributed by atoms with E-state index in [1.807, 2.05) is 18.2 Å². The molecule has 2 rings (SSSR count). The van der Waals surface area contributed by atoms with E-state index in [2.05, 4.69) is 26.4 Å². The number of carbonyl (C=O) groups excluding carboxylic acids is 1. The second-order valence-electron chi connectivity index (χ2n) is 5.46. The number of hydrogen-bond donors (Lipinski definition) is 2. The molecule has 1 aliphatic rings. The van der Waals surface area contributed by atoms with Crippen molar-refractivity contribution in [2.45, 2.75) is 31.8 Å². The minimum atomic E-state index is -0.162. The van der Waals surface area contributed by atoms with Crippen LogP contribution in [0.1, 0.15) is 24.8 Å². The number of ether oxygens (including phenoxy) is 2. The van der Waals surface area contributed by atoms with E-state index in [1.54, 1.807) is 7.05 Å². The Kier molecular flexibility index (Phi) is 9.51. The van der Waals surface area contributed by atoms with Crippen molar-refractivity contribution >= 4 is 35.9 Å². The van der Waals surface area contributed by atoms with Gasteiger partial charge in [0.05, 0.1) is 13.7 Å². The number of hydrogen-bond acceptors (Lipinski definition) is 4. The number of rotatable bonds is 7. The summed E-state index contributed by atoms with van der Waals surface area (Å²) in [6.07, 6.45) is 3.20. The van der Waals surface area contributed by atoms with E-state index in [1.165, 1.54) is 12.7 Å². The molecular weight excluding hydrogens is 421 g/mol. The maximum Gasteiger partial charge on any atom is 0.305 e. The fraction of sp³-hybridized carbons (Fsp3) is 0.529. The summed E-state index contributed by atoms with van der Waals surface area (Å²) in [4.78, 5) is 15.2. The van der Waals surface area contributed by atoms with Gasteiger partial charge in [0.25, 0.3) is 0 Å². The average molecular weight is 447 g/mol. The second-order valence-corrected chi connectivity index (χ2v) is 5.46. The first kappa shape index (κ1) is 20.5. The zero-order chi connectivity index (χ0) is 16.5. The third-order valence-electron chi connectivity index (χ3n) is 3.76. The van der Waals surface area contributed by atoms with Crippen molar-refractivity contribution in [3.63, 3.8) is 0 Å². The molecule has 7 heteroatoms. The summed E-state index contributed by atoms with van der Waals surface area (Å²) in [5.74, 6) is 1.57. The lowest BCUT2D eigenvalue weighted by Gasteiger charge is -2.15. The predicted molar refractivity (Wildman–Crippen MR) is 105 cm³/mol. The summed E-state index contributed by atoms with van der Waals surface area (Å²) in [6.45, 7) is 1.47. The number of methoxy groups -OCH3 is 1. The van der Waals surface area contributed by atoms with Crippen LogP contribution in [0.2, 0.25) is 0 Å². The molecule has 0 saturated carbocycles. The largest absolute Gasteiger partial charge is 0.488 e. The molecule has 6 nitrogen and oxygen atoms in total. The van der Waals surface area contributed by atoms with E-state index in [0.717, 1.165) is 37.5 Å². The zero-order valence-corrected chi connectivity index (χ0v) is 16.5. The molecule has 0 aliphatic carbocycles. The molecule has 24 heavy (non-hydrogen) atoms. The van der Waals surface area contributed by atoms with Crippen molar-refractivity contribution < 1.29 is 14.3 Å². The lowest BCUT2D eigenvalue weighted by molar-refractivity contribution is -0.140. The molecule has 134 valence electrons. The number of fused-ring (bicyclic) bond motifs is 1. The predicted octanol–water partition coefficient (Wildman–Crippen LogP) is 2.12. The molecule has 0 amide bonds. The van der Waals surface area contributed by atoms with Crippen LogP contribution in [0.25, 0.3) is 0 Å². The first-order chi connectivity index (χ1) is 11.2. The molecule has 0 spiro atoms. The first-order valence-corrected chi connectivity index (χ1v) is 7.99. The lowest BCUT2D eigenvalue weighted by atomic mass is 10.1. The number of nitrogens with one attached hydrogen (secondary N) is 2. The number of carbonyl (C=O) groups is 1. The molecule has 1 aliphatic heterocycles. The molecule has 1 atom stereocenters. The number of benzene rings is 1. The van der Waals surface area contributed by atoms with Gasteiger partial charge in [0, 0.05) is 26.4 Å². The highest BCUT2D eigenvalue weighted by Crippen LogP contribution is 2.27. The molecule has 1 unspecified atom stereocenters. The maximum atomic E-state index is 11.0. The van der Waals surface area contributed by atoms with E-state index in [0.29, 0.717) is 13.0 Å². The second kappa shape index (κ2) is 11.1. The third-order valence-corrected chi connectivity index (χ3v) is 3.76. The fourth-order valence-corrected chi connectivity index (χ4v) is 2.50. The molecule has 0 aromatic heterocycles. The number of halogens is 1. The molecule has 1 aromatic rings. The van der Waals surface area contributed by atoms with E-state index >= 15 is 0 Å². The summed E-state index contributed by atoms with van der Waals surface area (Å²) in [7, 11) is 3.16. The number of aliphatic imine (C=N–C) groups is 1. The summed E-state index contributed by atoms with van der Waals surface area (Å²) in [5, 5.41) is 6.52. The zero-order valence-electron chi connectivity index (χ0n) is 14.2. The van der Waals surface area contributed by atoms with Gasteiger partial charge in [-0.2, -0.15) is 0 Å². The van der Waals surface area contributed by atoms with E-state index < -0.39 is 0 Å². The highest BCUT2D eigenvalue weighted by Gasteiger charge is 2.22. The Morgan fingerprint density at radius 2 is 2.12 bits per heavy atom. The molecule has 0 saturated heterocycles. The standard InChI is InChI=1S/C17H25N3O3.HI/c1-18-17(19-10-6-5-9-16(21)22-2)20-12-14-11-13-7-3-4-8-15(13)23-14;/h3-4,7-8,14H,5-6,9-12H2,1-2H3,(H2,18,19,20);1H. The normalized spacial score (nSPS) is 15.8. The van der Waals surface area contributed by atoms with E-state index in [9.17, 15) is 4.79 Å². The van der Waals surface area contributed by atoms with Gasteiger partial charge in [-0.05, 0) is 24.5 Å². The topological polar surface area (TPSA) is 72.0 Å². The highest BCUT2D eigenvalue weighted by atomic mass is 127. The Morgan fingerprint density at radius 1 is 1.33 bits per heavy atom. The van der Waals surface area contributed by atoms with Crippen LogP contribution in [0.4, 0.5) is 0 Å². The van der Waals surface area contributed by atoms with Gasteiger partial charge in [-0.3, -0.25) is 9.79 Å². The van der Waals surface area contributed by atoms with Crippen LogP contribution in [-0.4, -0.2) is 45.3 Å². The maximum absolute atomic E-state index is 11.0. The lowest BCUT2D eigenvalue weighted by Crippen LogP contribution is -2.42. The van der Waals surface area contributed by atoms with Crippen LogP contribution in [-0.2, 0) is 16.0 Å². The van der Waals surface area contributed by atoms with Gasteiger partial charge in [0.15, 0.2) is 5.96 Å². The first-order valence-electron chi connectivity index (χ1n) is 7.99. The van der Waals surface area contributed by atoms with Gasteiger partial charge in [-0.25, -0.2) is 0 Å². The number of esters is 1. The highest BCUT2D eigenvalue weighted by molar-refractivity contribution is 14.0. The van der Waals surface area contributed by atoms with Crippen molar-refractivity contribution in [1.29, 1.82) is 0 Å². The molecule has 1 heterocycles. The van der Waals surface area contributed by atoms with Crippen molar-refractivity contribution in [3.8, 4) is 5.75 Å². The molecule has 0 bridgehead atoms. The molecule has 0 fully saturated rings. The van der Waals surface area contributed by atoms with Gasteiger partial charge in [-0.1, -0.05) is 18.2 Å². The van der Waals surface area contributed by atoms with Crippen molar-refractivity contribution in [2.24, 2.45) is 4.99 Å². The molecular formula is C17H26IN3O3. The van der Waals surface area contributed by atoms with E-state index in [4.69, 9.17) is 4.74 Å². The molecule has 0 radical (unpaired) electrons. The Bertz CT molecular complexity index is 527. The van der Waals surface area contributed by atoms with Crippen LogP contribution < -0.4 is 15.4 Å². The van der Waals surface area contributed by atoms with Crippen molar-refractivity contribution in [3.05, 3.63) is 29.8 Å². The molecule has 1 aromatic carbocycles. The minimum Gasteiger partial charge on any atom is -0.488 e. The van der Waals surface area contributed by atoms with Gasteiger partial charge < -0.3 is 20.1 Å². The van der Waals surface area contributed by atoms with E-state index in [-0.39, 0.29) is 36.0 Å². The van der Waals surface area contributed by atoms with Gasteiger partial charge >= 0.3 is 5.97 Å².